The Morgan fingerprint density at radius 3 is 2.64 bits per heavy atom. The van der Waals surface area contributed by atoms with Gasteiger partial charge in [0.15, 0.2) is 0 Å². The fraction of sp³-hybridized carbons (Fsp3) is 0.667. The maximum Gasteiger partial charge on any atom is 0.303 e. The summed E-state index contributed by atoms with van der Waals surface area (Å²) in [6, 6.07) is 1.87. The van der Waals surface area contributed by atoms with Crippen LogP contribution in [-0.2, 0) is 16.0 Å². The van der Waals surface area contributed by atoms with Crippen molar-refractivity contribution in [1.29, 1.82) is 0 Å². The number of Topliss-reactive ketones (excluding diaryl/α,β-unsaturated/α-hetero) is 1. The van der Waals surface area contributed by atoms with Gasteiger partial charge in [0.05, 0.1) is 12.5 Å². The van der Waals surface area contributed by atoms with E-state index in [1.165, 1.54) is 0 Å². The average molecular weight is 306 g/mol. The van der Waals surface area contributed by atoms with Crippen molar-refractivity contribution in [2.24, 2.45) is 16.7 Å². The molecule has 1 aromatic heterocycles. The van der Waals surface area contributed by atoms with Crippen molar-refractivity contribution in [2.75, 3.05) is 0 Å². The highest BCUT2D eigenvalue weighted by atomic mass is 16.4. The minimum atomic E-state index is -0.811. The predicted octanol–water partition coefficient (Wildman–Crippen LogP) is 4.09. The first-order chi connectivity index (χ1) is 10.3. The molecule has 1 heterocycles. The highest BCUT2D eigenvalue weighted by molar-refractivity contribution is 5.86. The van der Waals surface area contributed by atoms with E-state index in [0.717, 1.165) is 24.8 Å². The zero-order valence-electron chi connectivity index (χ0n) is 13.7. The number of carbonyl (C=O) groups is 2. The molecule has 4 nitrogen and oxygen atoms in total. The van der Waals surface area contributed by atoms with Crippen LogP contribution in [0.25, 0.3) is 0 Å². The highest BCUT2D eigenvalue weighted by Gasteiger charge is 2.50. The Balaban J connectivity index is 2.15. The van der Waals surface area contributed by atoms with Crippen molar-refractivity contribution in [2.45, 2.75) is 59.3 Å². The van der Waals surface area contributed by atoms with Gasteiger partial charge < -0.3 is 9.52 Å². The summed E-state index contributed by atoms with van der Waals surface area (Å²) in [5.41, 5.74) is 0.363. The van der Waals surface area contributed by atoms with Gasteiger partial charge in [0.2, 0.25) is 0 Å². The van der Waals surface area contributed by atoms with Crippen LogP contribution in [-0.4, -0.2) is 16.9 Å². The maximum atomic E-state index is 12.9. The summed E-state index contributed by atoms with van der Waals surface area (Å²) >= 11 is 0. The Kier molecular flexibility index (Phi) is 4.78. The number of carbonyl (C=O) groups excluding carboxylic acids is 1. The fourth-order valence-electron chi connectivity index (χ4n) is 4.11. The number of carboxylic acids is 1. The van der Waals surface area contributed by atoms with Crippen LogP contribution in [0, 0.1) is 16.7 Å². The third-order valence-corrected chi connectivity index (χ3v) is 5.47. The van der Waals surface area contributed by atoms with E-state index >= 15 is 0 Å². The minimum Gasteiger partial charge on any atom is -0.481 e. The number of aryl methyl sites for hydroxylation is 1. The van der Waals surface area contributed by atoms with Crippen molar-refractivity contribution >= 4 is 11.8 Å². The number of ketones is 1. The Morgan fingerprint density at radius 1 is 1.32 bits per heavy atom. The number of hydrogen-bond acceptors (Lipinski definition) is 3. The van der Waals surface area contributed by atoms with Gasteiger partial charge in [-0.1, -0.05) is 27.2 Å². The van der Waals surface area contributed by atoms with Gasteiger partial charge in [0, 0.05) is 18.3 Å². The summed E-state index contributed by atoms with van der Waals surface area (Å²) in [6.45, 7) is 6.17. The summed E-state index contributed by atoms with van der Waals surface area (Å²) < 4.78 is 5.04. The molecular formula is C18H26O4. The molecule has 0 unspecified atom stereocenters. The van der Waals surface area contributed by atoms with Crippen LogP contribution in [0.5, 0.6) is 0 Å². The lowest BCUT2D eigenvalue weighted by Crippen LogP contribution is -2.47. The third kappa shape index (κ3) is 3.42. The fourth-order valence-corrected chi connectivity index (χ4v) is 4.11. The SMILES string of the molecule is CC1(C)CCC[C@](C)(C(=O)CCc2ccoc2)[C@H]1CC(=O)O. The average Bonchev–Trinajstić information content (AvgIpc) is 2.93. The lowest BCUT2D eigenvalue weighted by atomic mass is 9.53. The molecule has 1 fully saturated rings. The molecule has 0 saturated heterocycles. The molecule has 0 aliphatic heterocycles. The monoisotopic (exact) mass is 306 g/mol. The molecule has 1 N–H and O–H groups in total. The number of carboxylic acid groups (broad SMARTS) is 1. The predicted molar refractivity (Wildman–Crippen MR) is 83.5 cm³/mol. The van der Waals surface area contributed by atoms with Crippen molar-refractivity contribution in [1.82, 2.24) is 0 Å². The largest absolute Gasteiger partial charge is 0.481 e. The molecule has 1 aromatic rings. The zero-order chi connectivity index (χ0) is 16.4. The summed E-state index contributed by atoms with van der Waals surface area (Å²) in [5, 5.41) is 9.27. The molecule has 1 saturated carbocycles. The van der Waals surface area contributed by atoms with Crippen LogP contribution < -0.4 is 0 Å². The van der Waals surface area contributed by atoms with Crippen LogP contribution in [0.2, 0.25) is 0 Å². The van der Waals surface area contributed by atoms with Crippen molar-refractivity contribution in [3.63, 3.8) is 0 Å². The standard InChI is InChI=1S/C18H26O4/c1-17(2)8-4-9-18(3,14(17)11-16(20)21)15(19)6-5-13-7-10-22-12-13/h7,10,12,14H,4-6,8-9,11H2,1-3H3,(H,20,21)/t14-,18-/m0/s1. The summed E-state index contributed by atoms with van der Waals surface area (Å²) in [4.78, 5) is 24.2. The topological polar surface area (TPSA) is 67.5 Å². The second-order valence-electron chi connectivity index (χ2n) is 7.46. The normalized spacial score (nSPS) is 27.5. The molecule has 122 valence electrons. The summed E-state index contributed by atoms with van der Waals surface area (Å²) in [7, 11) is 0. The van der Waals surface area contributed by atoms with Crippen molar-refractivity contribution in [3.05, 3.63) is 24.2 Å². The molecule has 2 rings (SSSR count). The Morgan fingerprint density at radius 2 is 2.05 bits per heavy atom. The smallest absolute Gasteiger partial charge is 0.303 e. The Bertz CT molecular complexity index is 529. The molecule has 1 aliphatic rings. The highest BCUT2D eigenvalue weighted by Crippen LogP contribution is 2.53. The molecule has 0 spiro atoms. The zero-order valence-corrected chi connectivity index (χ0v) is 13.7. The van der Waals surface area contributed by atoms with Gasteiger partial charge in [-0.25, -0.2) is 0 Å². The first-order valence-corrected chi connectivity index (χ1v) is 8.02. The van der Waals surface area contributed by atoms with E-state index in [9.17, 15) is 14.7 Å². The van der Waals surface area contributed by atoms with E-state index in [-0.39, 0.29) is 23.5 Å². The Hall–Kier alpha value is -1.58. The number of furan rings is 1. The molecule has 1 aliphatic carbocycles. The Labute approximate surface area is 131 Å². The molecule has 0 amide bonds. The van der Waals surface area contributed by atoms with Gasteiger partial charge in [0.1, 0.15) is 5.78 Å². The maximum absolute atomic E-state index is 12.9. The van der Waals surface area contributed by atoms with E-state index < -0.39 is 11.4 Å². The molecular weight excluding hydrogens is 280 g/mol. The van der Waals surface area contributed by atoms with Gasteiger partial charge in [-0.2, -0.15) is 0 Å². The molecule has 0 aromatic carbocycles. The van der Waals surface area contributed by atoms with Crippen LogP contribution in [0.3, 0.4) is 0 Å². The van der Waals surface area contributed by atoms with Crippen LogP contribution in [0.15, 0.2) is 23.0 Å². The molecule has 4 heteroatoms. The second kappa shape index (κ2) is 6.27. The third-order valence-electron chi connectivity index (χ3n) is 5.47. The lowest BCUT2D eigenvalue weighted by molar-refractivity contribution is -0.147. The van der Waals surface area contributed by atoms with Gasteiger partial charge in [-0.15, -0.1) is 0 Å². The van der Waals surface area contributed by atoms with Crippen LogP contribution in [0.4, 0.5) is 0 Å². The first kappa shape index (κ1) is 16.8. The van der Waals surface area contributed by atoms with E-state index in [2.05, 4.69) is 13.8 Å². The lowest BCUT2D eigenvalue weighted by Gasteiger charge is -2.49. The second-order valence-corrected chi connectivity index (χ2v) is 7.46. The molecule has 0 radical (unpaired) electrons. The minimum absolute atomic E-state index is 0.0704. The van der Waals surface area contributed by atoms with E-state index in [1.807, 2.05) is 13.0 Å². The van der Waals surface area contributed by atoms with Gasteiger partial charge in [0.25, 0.3) is 0 Å². The van der Waals surface area contributed by atoms with Crippen LogP contribution >= 0.6 is 0 Å². The van der Waals surface area contributed by atoms with E-state index in [0.29, 0.717) is 12.8 Å². The number of aliphatic carboxylic acids is 1. The quantitative estimate of drug-likeness (QED) is 0.859. The summed E-state index contributed by atoms with van der Waals surface area (Å²) in [5.74, 6) is -0.732. The number of rotatable bonds is 6. The van der Waals surface area contributed by atoms with Gasteiger partial charge >= 0.3 is 5.97 Å². The van der Waals surface area contributed by atoms with E-state index in [4.69, 9.17) is 4.42 Å². The van der Waals surface area contributed by atoms with Gasteiger partial charge in [-0.05, 0) is 42.2 Å². The van der Waals surface area contributed by atoms with Crippen molar-refractivity contribution in [3.8, 4) is 0 Å². The molecule has 2 atom stereocenters. The molecule has 22 heavy (non-hydrogen) atoms. The van der Waals surface area contributed by atoms with Gasteiger partial charge in [-0.3, -0.25) is 9.59 Å². The van der Waals surface area contributed by atoms with Crippen molar-refractivity contribution < 1.29 is 19.1 Å². The first-order valence-electron chi connectivity index (χ1n) is 8.02. The van der Waals surface area contributed by atoms with E-state index in [1.54, 1.807) is 12.5 Å². The van der Waals surface area contributed by atoms with Crippen LogP contribution in [0.1, 0.15) is 58.4 Å². The molecule has 0 bridgehead atoms. The number of hydrogen-bond donors (Lipinski definition) is 1. The summed E-state index contributed by atoms with van der Waals surface area (Å²) in [6.07, 6.45) is 7.20.